The van der Waals surface area contributed by atoms with Crippen molar-refractivity contribution >= 4 is 17.8 Å². The molecule has 0 aliphatic rings. The van der Waals surface area contributed by atoms with Gasteiger partial charge in [-0.25, -0.2) is 0 Å². The van der Waals surface area contributed by atoms with Gasteiger partial charge in [0.2, 0.25) is 0 Å². The molecule has 8 nitrogen and oxygen atoms in total. The van der Waals surface area contributed by atoms with Crippen LogP contribution >= 0.6 is 0 Å². The van der Waals surface area contributed by atoms with Crippen LogP contribution in [0.5, 0.6) is 5.75 Å². The lowest BCUT2D eigenvalue weighted by atomic mass is 10.1. The van der Waals surface area contributed by atoms with Crippen LogP contribution in [0.4, 0.5) is 0 Å². The van der Waals surface area contributed by atoms with Crippen LogP contribution in [-0.2, 0) is 14.3 Å². The first-order valence-corrected chi connectivity index (χ1v) is 6.35. The van der Waals surface area contributed by atoms with Crippen molar-refractivity contribution in [3.8, 4) is 5.75 Å². The van der Waals surface area contributed by atoms with Crippen LogP contribution < -0.4 is 15.4 Å². The van der Waals surface area contributed by atoms with Crippen molar-refractivity contribution in [1.29, 1.82) is 0 Å². The van der Waals surface area contributed by atoms with E-state index in [1.165, 1.54) is 39.3 Å². The average molecular weight is 310 g/mol. The second-order valence-corrected chi connectivity index (χ2v) is 4.22. The molecule has 1 aromatic carbocycles. The molecule has 0 saturated carbocycles. The first-order chi connectivity index (χ1) is 10.5. The Balaban J connectivity index is 3.06. The summed E-state index contributed by atoms with van der Waals surface area (Å²) < 4.78 is 14.4. The number of hydrogen-bond donors (Lipinski definition) is 2. The van der Waals surface area contributed by atoms with E-state index in [0.717, 1.165) is 0 Å². The largest absolute Gasteiger partial charge is 0.427 e. The van der Waals surface area contributed by atoms with E-state index in [-0.39, 0.29) is 30.3 Å². The van der Waals surface area contributed by atoms with Gasteiger partial charge in [0.25, 0.3) is 11.8 Å². The molecule has 2 amide bonds. The van der Waals surface area contributed by atoms with Crippen molar-refractivity contribution in [1.82, 2.24) is 10.6 Å². The van der Waals surface area contributed by atoms with Gasteiger partial charge in [-0.15, -0.1) is 0 Å². The second kappa shape index (κ2) is 8.75. The normalized spacial score (nSPS) is 9.95. The molecule has 0 unspecified atom stereocenters. The van der Waals surface area contributed by atoms with Crippen molar-refractivity contribution in [3.63, 3.8) is 0 Å². The summed E-state index contributed by atoms with van der Waals surface area (Å²) in [5.41, 5.74) is 0.330. The highest BCUT2D eigenvalue weighted by Crippen LogP contribution is 2.18. The molecule has 0 aliphatic heterocycles. The molecule has 22 heavy (non-hydrogen) atoms. The van der Waals surface area contributed by atoms with Crippen molar-refractivity contribution in [3.05, 3.63) is 29.3 Å². The summed E-state index contributed by atoms with van der Waals surface area (Å²) in [6.45, 7) is 1.26. The number of carbonyl (C=O) groups is 3. The van der Waals surface area contributed by atoms with Gasteiger partial charge >= 0.3 is 5.97 Å². The maximum atomic E-state index is 11.9. The molecule has 0 spiro atoms. The topological polar surface area (TPSA) is 103 Å². The van der Waals surface area contributed by atoms with Gasteiger partial charge in [0, 0.05) is 32.3 Å². The summed E-state index contributed by atoms with van der Waals surface area (Å²) in [5, 5.41) is 4.96. The average Bonchev–Trinajstić information content (AvgIpc) is 2.49. The lowest BCUT2D eigenvalue weighted by Gasteiger charge is -2.10. The molecule has 0 heterocycles. The minimum Gasteiger partial charge on any atom is -0.427 e. The number of hydrogen-bond acceptors (Lipinski definition) is 6. The molecule has 1 rings (SSSR count). The fourth-order valence-corrected chi connectivity index (χ4v) is 1.57. The molecule has 0 aromatic heterocycles. The molecule has 0 radical (unpaired) electrons. The zero-order valence-corrected chi connectivity index (χ0v) is 12.6. The minimum atomic E-state index is -0.558. The second-order valence-electron chi connectivity index (χ2n) is 4.22. The molecule has 0 bridgehead atoms. The van der Waals surface area contributed by atoms with E-state index in [9.17, 15) is 14.4 Å². The maximum absolute atomic E-state index is 11.9. The standard InChI is InChI=1S/C14H18N2O6/c1-9(17)22-12-5-10(13(18)15-7-20-2)4-11(6-12)14(19)16-8-21-3/h4-6H,7-8H2,1-3H3,(H,15,18)(H,16,19). The third-order valence-corrected chi connectivity index (χ3v) is 2.45. The van der Waals surface area contributed by atoms with Crippen LogP contribution in [0.15, 0.2) is 18.2 Å². The summed E-state index contributed by atoms with van der Waals surface area (Å²) in [6.07, 6.45) is 0. The molecule has 0 fully saturated rings. The third-order valence-electron chi connectivity index (χ3n) is 2.45. The number of esters is 1. The minimum absolute atomic E-state index is 0.0157. The Labute approximate surface area is 127 Å². The number of nitrogens with one attached hydrogen (secondary N) is 2. The molecule has 1 aromatic rings. The summed E-state index contributed by atoms with van der Waals surface area (Å²) in [7, 11) is 2.86. The Bertz CT molecular complexity index is 520. The Morgan fingerprint density at radius 1 is 0.909 bits per heavy atom. The maximum Gasteiger partial charge on any atom is 0.308 e. The van der Waals surface area contributed by atoms with Crippen LogP contribution in [0.3, 0.4) is 0 Å². The number of benzene rings is 1. The Hall–Kier alpha value is -2.45. The van der Waals surface area contributed by atoms with E-state index in [2.05, 4.69) is 10.6 Å². The number of rotatable bonds is 7. The molecule has 0 saturated heterocycles. The van der Waals surface area contributed by atoms with Crippen LogP contribution in [0.1, 0.15) is 27.6 Å². The zero-order valence-electron chi connectivity index (χ0n) is 12.6. The van der Waals surface area contributed by atoms with E-state index in [1.54, 1.807) is 0 Å². The highest BCUT2D eigenvalue weighted by atomic mass is 16.5. The Morgan fingerprint density at radius 2 is 1.36 bits per heavy atom. The lowest BCUT2D eigenvalue weighted by molar-refractivity contribution is -0.131. The quantitative estimate of drug-likeness (QED) is 0.426. The molecular formula is C14H18N2O6. The molecule has 8 heteroatoms. The fourth-order valence-electron chi connectivity index (χ4n) is 1.57. The monoisotopic (exact) mass is 310 g/mol. The van der Waals surface area contributed by atoms with E-state index in [4.69, 9.17) is 14.2 Å². The molecule has 0 aliphatic carbocycles. The van der Waals surface area contributed by atoms with E-state index < -0.39 is 17.8 Å². The van der Waals surface area contributed by atoms with Gasteiger partial charge in [-0.3, -0.25) is 14.4 Å². The molecule has 120 valence electrons. The predicted molar refractivity (Wildman–Crippen MR) is 76.4 cm³/mol. The number of methoxy groups -OCH3 is 2. The number of carbonyl (C=O) groups excluding carboxylic acids is 3. The smallest absolute Gasteiger partial charge is 0.308 e. The lowest BCUT2D eigenvalue weighted by Crippen LogP contribution is -2.28. The van der Waals surface area contributed by atoms with Gasteiger partial charge in [0.15, 0.2) is 0 Å². The van der Waals surface area contributed by atoms with Gasteiger partial charge in [-0.05, 0) is 18.2 Å². The van der Waals surface area contributed by atoms with Crippen molar-refractivity contribution < 1.29 is 28.6 Å². The summed E-state index contributed by atoms with van der Waals surface area (Å²) >= 11 is 0. The number of ether oxygens (including phenoxy) is 3. The Kier molecular flexibility index (Phi) is 7.00. The number of amides is 2. The third kappa shape index (κ3) is 5.51. The van der Waals surface area contributed by atoms with Gasteiger partial charge in [-0.2, -0.15) is 0 Å². The summed E-state index contributed by atoms with van der Waals surface area (Å²) in [4.78, 5) is 34.9. The van der Waals surface area contributed by atoms with E-state index in [1.807, 2.05) is 0 Å². The summed E-state index contributed by atoms with van der Waals surface area (Å²) in [5.74, 6) is -1.38. The van der Waals surface area contributed by atoms with Crippen molar-refractivity contribution in [2.45, 2.75) is 6.92 Å². The zero-order chi connectivity index (χ0) is 16.5. The molecule has 2 N–H and O–H groups in total. The van der Waals surface area contributed by atoms with Gasteiger partial charge in [0.1, 0.15) is 19.2 Å². The first-order valence-electron chi connectivity index (χ1n) is 6.35. The SMILES string of the molecule is COCNC(=O)c1cc(OC(C)=O)cc(C(=O)NCOC)c1. The van der Waals surface area contributed by atoms with Gasteiger partial charge in [-0.1, -0.05) is 0 Å². The van der Waals surface area contributed by atoms with E-state index in [0.29, 0.717) is 0 Å². The molecular weight excluding hydrogens is 292 g/mol. The highest BCUT2D eigenvalue weighted by Gasteiger charge is 2.14. The van der Waals surface area contributed by atoms with Crippen molar-refractivity contribution in [2.75, 3.05) is 27.7 Å². The van der Waals surface area contributed by atoms with Crippen LogP contribution in [-0.4, -0.2) is 45.5 Å². The first kappa shape index (κ1) is 17.6. The molecule has 0 atom stereocenters. The van der Waals surface area contributed by atoms with Gasteiger partial charge < -0.3 is 24.8 Å². The Morgan fingerprint density at radius 3 is 1.73 bits per heavy atom. The predicted octanol–water partition coefficient (Wildman–Crippen LogP) is 0.279. The summed E-state index contributed by atoms with van der Waals surface area (Å²) in [6, 6.07) is 4.10. The van der Waals surface area contributed by atoms with Crippen molar-refractivity contribution in [2.24, 2.45) is 0 Å². The van der Waals surface area contributed by atoms with Gasteiger partial charge in [0.05, 0.1) is 0 Å². The van der Waals surface area contributed by atoms with Crippen LogP contribution in [0.2, 0.25) is 0 Å². The van der Waals surface area contributed by atoms with Crippen LogP contribution in [0, 0.1) is 0 Å². The highest BCUT2D eigenvalue weighted by molar-refractivity contribution is 6.00. The van der Waals surface area contributed by atoms with Crippen LogP contribution in [0.25, 0.3) is 0 Å². The van der Waals surface area contributed by atoms with E-state index >= 15 is 0 Å². The fraction of sp³-hybridized carbons (Fsp3) is 0.357.